The molecular weight excluding hydrogens is 1410 g/mol. The molecule has 0 saturated heterocycles. The third-order valence-electron chi connectivity index (χ3n) is 25.1. The first-order valence-corrected chi connectivity index (χ1v) is 48.5. The summed E-state index contributed by atoms with van der Waals surface area (Å²) in [5, 5.41) is 10.5. The first kappa shape index (κ1) is 83.5. The average molecular weight is 1550 g/mol. The average Bonchev–Trinajstić information content (AvgIpc) is 1.53. The van der Waals surface area contributed by atoms with Gasteiger partial charge in [-0.2, -0.15) is 0 Å². The molecule has 0 radical (unpaired) electrons. The van der Waals surface area contributed by atoms with Crippen LogP contribution in [0.2, 0.25) is 0 Å². The van der Waals surface area contributed by atoms with Gasteiger partial charge in [-0.15, -0.1) is 45.3 Å². The monoisotopic (exact) mass is 1550 g/mol. The minimum absolute atomic E-state index is 0.00750. The van der Waals surface area contributed by atoms with E-state index in [1.165, 1.54) is 351 Å². The van der Waals surface area contributed by atoms with E-state index in [2.05, 4.69) is 173 Å². The van der Waals surface area contributed by atoms with Gasteiger partial charge in [0.05, 0.1) is 22.5 Å². The van der Waals surface area contributed by atoms with E-state index >= 15 is 9.59 Å². The smallest absolute Gasteiger partial charge is 0.259 e. The van der Waals surface area contributed by atoms with Crippen LogP contribution in [-0.2, 0) is 9.59 Å². The molecule has 0 aliphatic carbocycles. The third-order valence-corrected chi connectivity index (χ3v) is 29.6. The van der Waals surface area contributed by atoms with Gasteiger partial charge in [-0.25, -0.2) is 0 Å². The Morgan fingerprint density at radius 1 is 0.264 bits per heavy atom. The van der Waals surface area contributed by atoms with Gasteiger partial charge in [0.1, 0.15) is 0 Å². The number of fused-ring (bicyclic) bond motifs is 11. The molecule has 0 fully saturated rings. The maximum atomic E-state index is 16.1. The maximum Gasteiger partial charge on any atom is 0.259 e. The number of benzene rings is 6. The summed E-state index contributed by atoms with van der Waals surface area (Å²) in [5.74, 6) is 1.46. The summed E-state index contributed by atoms with van der Waals surface area (Å²) < 4.78 is 2.66. The highest BCUT2D eigenvalue weighted by atomic mass is 32.1. The molecule has 2 atom stereocenters. The lowest BCUT2D eigenvalue weighted by molar-refractivity contribution is -0.114. The minimum Gasteiger partial charge on any atom is -0.308 e. The van der Waals surface area contributed by atoms with Crippen molar-refractivity contribution < 1.29 is 9.59 Å². The van der Waals surface area contributed by atoms with E-state index in [1.54, 1.807) is 0 Å². The Bertz CT molecular complexity index is 4550. The number of thiophene rings is 4. The van der Waals surface area contributed by atoms with Crippen LogP contribution in [0.5, 0.6) is 0 Å². The molecule has 6 aromatic carbocycles. The summed E-state index contributed by atoms with van der Waals surface area (Å²) in [6.45, 7) is 15.0. The molecule has 4 aromatic heterocycles. The number of carbonyl (C=O) groups is 2. The van der Waals surface area contributed by atoms with Gasteiger partial charge in [0.2, 0.25) is 0 Å². The van der Waals surface area contributed by atoms with Crippen LogP contribution in [0.3, 0.4) is 0 Å². The molecule has 110 heavy (non-hydrogen) atoms. The first-order chi connectivity index (χ1) is 54.1. The molecule has 2 unspecified atom stereocenters. The van der Waals surface area contributed by atoms with Crippen LogP contribution < -0.4 is 9.80 Å². The minimum atomic E-state index is -0.0111. The number of anilines is 2. The molecule has 2 aliphatic rings. The lowest BCUT2D eigenvalue weighted by Crippen LogP contribution is -2.30. The zero-order valence-corrected chi connectivity index (χ0v) is 72.3. The van der Waals surface area contributed by atoms with Crippen LogP contribution in [0.15, 0.2) is 121 Å². The number of hydrogen-bond acceptors (Lipinski definition) is 6. The molecule has 0 spiro atoms. The number of hydrogen-bond donors (Lipinski definition) is 0. The Morgan fingerprint density at radius 3 is 0.964 bits per heavy atom. The Kier molecular flexibility index (Phi) is 33.5. The fourth-order valence-electron chi connectivity index (χ4n) is 18.7. The van der Waals surface area contributed by atoms with E-state index in [1.807, 2.05) is 45.3 Å². The summed E-state index contributed by atoms with van der Waals surface area (Å²) in [5.41, 5.74) is 7.19. The number of aryl methyl sites for hydroxylation is 2. The predicted molar refractivity (Wildman–Crippen MR) is 491 cm³/mol. The molecule has 12 rings (SSSR count). The zero-order valence-electron chi connectivity index (χ0n) is 69.0. The Labute approximate surface area is 681 Å². The van der Waals surface area contributed by atoms with Crippen molar-refractivity contribution in [3.8, 4) is 30.6 Å². The van der Waals surface area contributed by atoms with Gasteiger partial charge in [0.25, 0.3) is 11.8 Å². The van der Waals surface area contributed by atoms with Crippen LogP contribution in [0.25, 0.3) is 94.3 Å². The van der Waals surface area contributed by atoms with Crippen molar-refractivity contribution in [2.45, 2.75) is 337 Å². The van der Waals surface area contributed by atoms with Crippen LogP contribution in [0, 0.1) is 25.7 Å². The summed E-state index contributed by atoms with van der Waals surface area (Å²) in [6, 6.07) is 46.0. The fraction of sp³-hybridized carbons (Fsp3) is 0.549. The normalized spacial score (nSPS) is 14.4. The number of nitrogens with zero attached hydrogens (tertiary/aromatic N) is 2. The number of unbranched alkanes of at least 4 members (excludes halogenated alkanes) is 34. The van der Waals surface area contributed by atoms with Crippen molar-refractivity contribution in [3.63, 3.8) is 0 Å². The Morgan fingerprint density at radius 2 is 0.582 bits per heavy atom. The second kappa shape index (κ2) is 44.1. The molecule has 10 aromatic rings. The van der Waals surface area contributed by atoms with E-state index in [-0.39, 0.29) is 11.8 Å². The lowest BCUT2D eigenvalue weighted by atomic mass is 9.89. The molecule has 2 amide bonds. The summed E-state index contributed by atoms with van der Waals surface area (Å²) >= 11 is 7.43. The van der Waals surface area contributed by atoms with Gasteiger partial charge in [0, 0.05) is 73.7 Å². The van der Waals surface area contributed by atoms with Crippen LogP contribution >= 0.6 is 45.3 Å². The van der Waals surface area contributed by atoms with Crippen molar-refractivity contribution in [3.05, 3.63) is 142 Å². The number of carbonyl (C=O) groups excluding carboxylic acids is 2. The van der Waals surface area contributed by atoms with Crippen molar-refractivity contribution in [1.29, 1.82) is 0 Å². The highest BCUT2D eigenvalue weighted by Crippen LogP contribution is 2.51. The highest BCUT2D eigenvalue weighted by Gasteiger charge is 2.42. The summed E-state index contributed by atoms with van der Waals surface area (Å²) in [7, 11) is 0. The fourth-order valence-corrected chi connectivity index (χ4v) is 22.6. The molecule has 4 nitrogen and oxygen atoms in total. The highest BCUT2D eigenvalue weighted by molar-refractivity contribution is 7.27. The standard InChI is InChI=1S/C102H136N2O2S4/c1-7-11-15-19-23-27-29-33-37-41-49-77(47-39-35-31-25-21-17-13-9-3)51-43-45-69-103-91-72-79(93-64-53-75(5)107-93)54-56-87(91)99(101(103)105)100-88-57-55-80(73-92(88)104(102(100)106)70-46-44-52-78(48-40-36-32-26-22-18-14-10-4)50-42-38-34-30-28-24-20-16-12-8-2)94-67-68-97(109-94)98-74-90-86-61-59-81-82(84(86)63-66-96(90)110-98)58-60-85-83(81)62-65-95-89(85)71-76(6)108-95/h53-68,71-74,77-78H,7-52,69-70H2,1-6H3/b100-99+. The molecule has 6 heterocycles. The first-order valence-electron chi connectivity index (χ1n) is 45.2. The van der Waals surface area contributed by atoms with Crippen molar-refractivity contribution in [2.75, 3.05) is 22.9 Å². The summed E-state index contributed by atoms with van der Waals surface area (Å²) in [4.78, 5) is 43.8. The lowest BCUT2D eigenvalue weighted by Gasteiger charge is -2.20. The molecule has 590 valence electrons. The molecule has 0 N–H and O–H groups in total. The molecule has 0 bridgehead atoms. The quantitative estimate of drug-likeness (QED) is 0.0217. The Balaban J connectivity index is 0.801. The van der Waals surface area contributed by atoms with Gasteiger partial charge in [0.15, 0.2) is 0 Å². The SMILES string of the molecule is CCCCCCCCCCCCC(CCCCCCCCCC)CCCCN1C(=O)/C(=C2/C(=O)N(CCCCC(CCCCCCCCCC)CCCCCCCCCCCC)c3cc(-c4ccc(-c5cc6c(ccc7c6ccc6c8ccc9sc(C)cc9c8ccc76)s5)s4)ccc32)c2ccc(-c3ccc(C)s3)cc21. The third kappa shape index (κ3) is 22.3. The molecule has 2 aliphatic heterocycles. The number of amides is 2. The molecule has 0 saturated carbocycles. The van der Waals surface area contributed by atoms with E-state index in [4.69, 9.17) is 0 Å². The Hall–Kier alpha value is -5.90. The van der Waals surface area contributed by atoms with Crippen molar-refractivity contribution in [1.82, 2.24) is 0 Å². The van der Waals surface area contributed by atoms with Crippen LogP contribution in [0.1, 0.15) is 344 Å². The van der Waals surface area contributed by atoms with E-state index in [0.717, 1.165) is 71.1 Å². The van der Waals surface area contributed by atoms with Gasteiger partial charge in [-0.1, -0.05) is 371 Å². The topological polar surface area (TPSA) is 40.6 Å². The van der Waals surface area contributed by atoms with E-state index in [9.17, 15) is 0 Å². The maximum absolute atomic E-state index is 16.1. The van der Waals surface area contributed by atoms with Crippen molar-refractivity contribution >= 4 is 132 Å². The van der Waals surface area contributed by atoms with Crippen LogP contribution in [0.4, 0.5) is 11.4 Å². The van der Waals surface area contributed by atoms with Gasteiger partial charge in [-0.05, 0) is 143 Å². The van der Waals surface area contributed by atoms with Gasteiger partial charge in [-0.3, -0.25) is 9.59 Å². The van der Waals surface area contributed by atoms with Crippen molar-refractivity contribution in [2.24, 2.45) is 11.8 Å². The van der Waals surface area contributed by atoms with E-state index in [0.29, 0.717) is 24.2 Å². The number of rotatable bonds is 53. The predicted octanol–water partition coefficient (Wildman–Crippen LogP) is 34.2. The van der Waals surface area contributed by atoms with Gasteiger partial charge < -0.3 is 9.80 Å². The van der Waals surface area contributed by atoms with E-state index < -0.39 is 0 Å². The zero-order chi connectivity index (χ0) is 76.2. The second-order valence-electron chi connectivity index (χ2n) is 33.7. The van der Waals surface area contributed by atoms with Crippen LogP contribution in [-0.4, -0.2) is 24.9 Å². The second-order valence-corrected chi connectivity index (χ2v) is 38.5. The molecular formula is C102H136N2O2S4. The largest absolute Gasteiger partial charge is 0.308 e. The van der Waals surface area contributed by atoms with Gasteiger partial charge >= 0.3 is 0 Å². The summed E-state index contributed by atoms with van der Waals surface area (Å²) in [6.07, 6.45) is 61.3. The molecule has 8 heteroatoms.